The number of methoxy groups -OCH3 is 2. The Balaban J connectivity index is 1.89. The van der Waals surface area contributed by atoms with E-state index in [1.165, 1.54) is 5.56 Å². The molecule has 0 aromatic heterocycles. The molecule has 0 bridgehead atoms. The molecular formula is C21H28N2O3. The first-order chi connectivity index (χ1) is 12.7. The van der Waals surface area contributed by atoms with Crippen molar-refractivity contribution in [1.82, 2.24) is 10.2 Å². The van der Waals surface area contributed by atoms with Crippen LogP contribution in [-0.2, 0) is 17.6 Å². The molecule has 2 amide bonds. The predicted molar refractivity (Wildman–Crippen MR) is 104 cm³/mol. The zero-order chi connectivity index (χ0) is 18.8. The van der Waals surface area contributed by atoms with Gasteiger partial charge in [0.2, 0.25) is 0 Å². The average Bonchev–Trinajstić information content (AvgIpc) is 2.68. The summed E-state index contributed by atoms with van der Waals surface area (Å²) >= 11 is 0. The molecule has 0 heterocycles. The summed E-state index contributed by atoms with van der Waals surface area (Å²) in [5.74, 6) is 0.844. The summed E-state index contributed by atoms with van der Waals surface area (Å²) in [4.78, 5) is 14.2. The molecule has 2 rings (SSSR count). The van der Waals surface area contributed by atoms with Crippen LogP contribution in [0.3, 0.4) is 0 Å². The monoisotopic (exact) mass is 356 g/mol. The Bertz CT molecular complexity index is 676. The number of para-hydroxylation sites is 1. The van der Waals surface area contributed by atoms with E-state index in [1.54, 1.807) is 19.1 Å². The first-order valence-electron chi connectivity index (χ1n) is 8.81. The molecule has 2 aromatic carbocycles. The van der Waals surface area contributed by atoms with E-state index in [1.807, 2.05) is 49.5 Å². The number of ether oxygens (including phenoxy) is 2. The molecule has 0 unspecified atom stereocenters. The highest BCUT2D eigenvalue weighted by molar-refractivity contribution is 5.74. The third kappa shape index (κ3) is 5.77. The minimum atomic E-state index is -0.0992. The van der Waals surface area contributed by atoms with Crippen molar-refractivity contribution in [2.24, 2.45) is 0 Å². The molecule has 26 heavy (non-hydrogen) atoms. The van der Waals surface area contributed by atoms with Gasteiger partial charge in [-0.2, -0.15) is 0 Å². The number of hydrogen-bond acceptors (Lipinski definition) is 3. The van der Waals surface area contributed by atoms with Gasteiger partial charge in [0.15, 0.2) is 0 Å². The summed E-state index contributed by atoms with van der Waals surface area (Å²) in [6.07, 6.45) is 1.47. The Morgan fingerprint density at radius 1 is 1.08 bits per heavy atom. The van der Waals surface area contributed by atoms with Crippen LogP contribution in [0.5, 0.6) is 5.75 Å². The summed E-state index contributed by atoms with van der Waals surface area (Å²) in [5.41, 5.74) is 2.26. The molecule has 0 radical (unpaired) electrons. The van der Waals surface area contributed by atoms with E-state index in [-0.39, 0.29) is 12.1 Å². The van der Waals surface area contributed by atoms with Gasteiger partial charge in [-0.25, -0.2) is 4.79 Å². The second-order valence-electron chi connectivity index (χ2n) is 6.20. The van der Waals surface area contributed by atoms with Crippen LogP contribution in [0.4, 0.5) is 4.79 Å². The molecule has 0 spiro atoms. The summed E-state index contributed by atoms with van der Waals surface area (Å²) < 4.78 is 10.7. The van der Waals surface area contributed by atoms with Crippen LogP contribution >= 0.6 is 0 Å². The van der Waals surface area contributed by atoms with Crippen molar-refractivity contribution in [1.29, 1.82) is 0 Å². The van der Waals surface area contributed by atoms with Crippen LogP contribution in [0.25, 0.3) is 0 Å². The quantitative estimate of drug-likeness (QED) is 0.751. The minimum absolute atomic E-state index is 0.0198. The lowest BCUT2D eigenvalue weighted by Crippen LogP contribution is -2.47. The van der Waals surface area contributed by atoms with Crippen LogP contribution in [0, 0.1) is 0 Å². The van der Waals surface area contributed by atoms with Crippen molar-refractivity contribution in [3.63, 3.8) is 0 Å². The highest BCUT2D eigenvalue weighted by atomic mass is 16.5. The van der Waals surface area contributed by atoms with Crippen molar-refractivity contribution in [2.45, 2.75) is 18.9 Å². The number of urea groups is 1. The van der Waals surface area contributed by atoms with Crippen LogP contribution in [0.15, 0.2) is 54.6 Å². The Morgan fingerprint density at radius 3 is 2.46 bits per heavy atom. The first kappa shape index (κ1) is 19.8. The van der Waals surface area contributed by atoms with Gasteiger partial charge in [0.25, 0.3) is 0 Å². The normalized spacial score (nSPS) is 11.7. The molecule has 5 nitrogen and oxygen atoms in total. The lowest BCUT2D eigenvalue weighted by molar-refractivity contribution is 0.115. The molecule has 140 valence electrons. The van der Waals surface area contributed by atoms with Crippen LogP contribution in [0.1, 0.15) is 11.1 Å². The molecule has 0 saturated heterocycles. The van der Waals surface area contributed by atoms with Gasteiger partial charge in [-0.05, 0) is 30.0 Å². The van der Waals surface area contributed by atoms with Crippen molar-refractivity contribution >= 4 is 6.03 Å². The standard InChI is InChI=1S/C21H28N2O3/c1-23(19(16-25-2)15-17-9-5-4-6-10-17)21(24)22-14-13-18-11-7-8-12-20(18)26-3/h4-12,19H,13-16H2,1-3H3,(H,22,24)/t19-/m0/s1. The number of nitrogens with zero attached hydrogens (tertiary/aromatic N) is 1. The smallest absolute Gasteiger partial charge is 0.317 e. The third-order valence-corrected chi connectivity index (χ3v) is 4.40. The van der Waals surface area contributed by atoms with Gasteiger partial charge in [0, 0.05) is 20.7 Å². The van der Waals surface area contributed by atoms with Crippen LogP contribution in [0.2, 0.25) is 0 Å². The Hall–Kier alpha value is -2.53. The van der Waals surface area contributed by atoms with Gasteiger partial charge >= 0.3 is 6.03 Å². The Labute approximate surface area is 155 Å². The van der Waals surface area contributed by atoms with Crippen LogP contribution in [-0.4, -0.2) is 51.4 Å². The summed E-state index contributed by atoms with van der Waals surface area (Å²) in [5, 5.41) is 2.98. The molecular weight excluding hydrogens is 328 g/mol. The number of hydrogen-bond donors (Lipinski definition) is 1. The topological polar surface area (TPSA) is 50.8 Å². The van der Waals surface area contributed by atoms with Gasteiger partial charge in [-0.3, -0.25) is 0 Å². The van der Waals surface area contributed by atoms with E-state index >= 15 is 0 Å². The number of carbonyl (C=O) groups excluding carboxylic acids is 1. The van der Waals surface area contributed by atoms with E-state index in [0.29, 0.717) is 13.2 Å². The zero-order valence-electron chi connectivity index (χ0n) is 15.8. The van der Waals surface area contributed by atoms with Gasteiger partial charge in [-0.15, -0.1) is 0 Å². The SMILES string of the molecule is COC[C@H](Cc1ccccc1)N(C)C(=O)NCCc1ccccc1OC. The molecule has 2 aromatic rings. The van der Waals surface area contributed by atoms with Gasteiger partial charge < -0.3 is 19.7 Å². The van der Waals surface area contributed by atoms with E-state index in [2.05, 4.69) is 17.4 Å². The fourth-order valence-electron chi connectivity index (χ4n) is 2.89. The van der Waals surface area contributed by atoms with Crippen molar-refractivity contribution in [3.05, 3.63) is 65.7 Å². The predicted octanol–water partition coefficient (Wildman–Crippen LogP) is 3.14. The lowest BCUT2D eigenvalue weighted by atomic mass is 10.1. The van der Waals surface area contributed by atoms with Gasteiger partial charge in [0.1, 0.15) is 5.75 Å². The number of carbonyl (C=O) groups is 1. The van der Waals surface area contributed by atoms with Crippen molar-refractivity contribution in [3.8, 4) is 5.75 Å². The van der Waals surface area contributed by atoms with E-state index in [4.69, 9.17) is 9.47 Å². The molecule has 0 fully saturated rings. The molecule has 5 heteroatoms. The highest BCUT2D eigenvalue weighted by Gasteiger charge is 2.20. The van der Waals surface area contributed by atoms with Crippen molar-refractivity contribution < 1.29 is 14.3 Å². The zero-order valence-corrected chi connectivity index (χ0v) is 15.8. The van der Waals surface area contributed by atoms with E-state index < -0.39 is 0 Å². The fraction of sp³-hybridized carbons (Fsp3) is 0.381. The molecule has 0 saturated carbocycles. The average molecular weight is 356 g/mol. The fourth-order valence-corrected chi connectivity index (χ4v) is 2.89. The summed E-state index contributed by atoms with van der Waals surface area (Å²) in [6.45, 7) is 1.04. The Morgan fingerprint density at radius 2 is 1.77 bits per heavy atom. The molecule has 0 aliphatic carbocycles. The maximum atomic E-state index is 12.5. The molecule has 1 atom stereocenters. The first-order valence-corrected chi connectivity index (χ1v) is 8.81. The second-order valence-corrected chi connectivity index (χ2v) is 6.20. The lowest BCUT2D eigenvalue weighted by Gasteiger charge is -2.28. The largest absolute Gasteiger partial charge is 0.496 e. The molecule has 0 aliphatic rings. The highest BCUT2D eigenvalue weighted by Crippen LogP contribution is 2.17. The van der Waals surface area contributed by atoms with Crippen LogP contribution < -0.4 is 10.1 Å². The van der Waals surface area contributed by atoms with Gasteiger partial charge in [-0.1, -0.05) is 48.5 Å². The molecule has 0 aliphatic heterocycles. The van der Waals surface area contributed by atoms with E-state index in [0.717, 1.165) is 24.2 Å². The number of amides is 2. The number of likely N-dealkylation sites (N-methyl/N-ethyl adjacent to an activating group) is 1. The van der Waals surface area contributed by atoms with Crippen molar-refractivity contribution in [2.75, 3.05) is 34.4 Å². The Kier molecular flexibility index (Phi) is 7.96. The maximum Gasteiger partial charge on any atom is 0.317 e. The number of nitrogens with one attached hydrogen (secondary N) is 1. The third-order valence-electron chi connectivity index (χ3n) is 4.40. The maximum absolute atomic E-state index is 12.5. The summed E-state index contributed by atoms with van der Waals surface area (Å²) in [6, 6.07) is 17.9. The van der Waals surface area contributed by atoms with Gasteiger partial charge in [0.05, 0.1) is 19.8 Å². The molecule has 1 N–H and O–H groups in total. The second kappa shape index (κ2) is 10.5. The van der Waals surface area contributed by atoms with E-state index in [9.17, 15) is 4.79 Å². The summed E-state index contributed by atoms with van der Waals surface area (Å²) in [7, 11) is 5.13. The number of benzene rings is 2. The number of rotatable bonds is 9. The minimum Gasteiger partial charge on any atom is -0.496 e.